The predicted octanol–water partition coefficient (Wildman–Crippen LogP) is 4.22. The van der Waals surface area contributed by atoms with E-state index in [-0.39, 0.29) is 5.91 Å². The molecule has 110 valence electrons. The number of carbonyl (C=O) groups excluding carboxylic acids is 1. The summed E-state index contributed by atoms with van der Waals surface area (Å²) in [4.78, 5) is 12.1. The number of benzene rings is 2. The summed E-state index contributed by atoms with van der Waals surface area (Å²) in [6, 6.07) is 12.0. The third-order valence-corrected chi connectivity index (χ3v) is 3.92. The van der Waals surface area contributed by atoms with Gasteiger partial charge < -0.3 is 11.1 Å². The standard InChI is InChI=1S/C17H19BrN2O/c1-11-3-5-13(6-4-11)7-8-16(21)20-17-14(18)9-12(2)10-15(17)19/h3-6,9-10H,7-8,19H2,1-2H3,(H,20,21). The Hall–Kier alpha value is -1.81. The van der Waals surface area contributed by atoms with Crippen LogP contribution in [0.1, 0.15) is 23.1 Å². The molecule has 0 fully saturated rings. The molecule has 0 bridgehead atoms. The normalized spacial score (nSPS) is 10.4. The fraction of sp³-hybridized carbons (Fsp3) is 0.235. The van der Waals surface area contributed by atoms with Gasteiger partial charge in [-0.2, -0.15) is 0 Å². The summed E-state index contributed by atoms with van der Waals surface area (Å²) in [5.74, 6) is -0.0353. The van der Waals surface area contributed by atoms with Crippen molar-refractivity contribution in [2.24, 2.45) is 0 Å². The lowest BCUT2D eigenvalue weighted by atomic mass is 10.1. The van der Waals surface area contributed by atoms with E-state index in [1.165, 1.54) is 5.56 Å². The van der Waals surface area contributed by atoms with Gasteiger partial charge in [0.1, 0.15) is 0 Å². The van der Waals surface area contributed by atoms with Gasteiger partial charge in [0.25, 0.3) is 0 Å². The average molecular weight is 347 g/mol. The van der Waals surface area contributed by atoms with Gasteiger partial charge in [0.2, 0.25) is 5.91 Å². The first kappa shape index (κ1) is 15.6. The third-order valence-electron chi connectivity index (χ3n) is 3.29. The van der Waals surface area contributed by atoms with Gasteiger partial charge in [-0.25, -0.2) is 0 Å². The minimum absolute atomic E-state index is 0.0353. The van der Waals surface area contributed by atoms with Gasteiger partial charge in [0, 0.05) is 10.9 Å². The molecule has 0 spiro atoms. The minimum atomic E-state index is -0.0353. The van der Waals surface area contributed by atoms with Crippen LogP contribution < -0.4 is 11.1 Å². The van der Waals surface area contributed by atoms with Gasteiger partial charge in [-0.1, -0.05) is 29.8 Å². The van der Waals surface area contributed by atoms with Crippen LogP contribution in [-0.2, 0) is 11.2 Å². The lowest BCUT2D eigenvalue weighted by molar-refractivity contribution is -0.116. The number of amides is 1. The second kappa shape index (κ2) is 6.76. The van der Waals surface area contributed by atoms with Crippen molar-refractivity contribution in [1.82, 2.24) is 0 Å². The molecule has 0 atom stereocenters. The second-order valence-corrected chi connectivity index (χ2v) is 6.10. The molecule has 0 aliphatic rings. The zero-order valence-electron chi connectivity index (χ0n) is 12.2. The molecule has 0 aliphatic heterocycles. The van der Waals surface area contributed by atoms with Crippen molar-refractivity contribution in [1.29, 1.82) is 0 Å². The molecule has 0 heterocycles. The molecule has 2 aromatic rings. The summed E-state index contributed by atoms with van der Waals surface area (Å²) in [5.41, 5.74) is 10.6. The molecule has 0 aromatic heterocycles. The highest BCUT2D eigenvalue weighted by atomic mass is 79.9. The Morgan fingerprint density at radius 1 is 1.14 bits per heavy atom. The van der Waals surface area contributed by atoms with Crippen LogP contribution in [0.2, 0.25) is 0 Å². The van der Waals surface area contributed by atoms with Crippen molar-refractivity contribution in [3.8, 4) is 0 Å². The molecule has 3 N–H and O–H groups in total. The first-order valence-corrected chi connectivity index (χ1v) is 7.66. The Morgan fingerprint density at radius 3 is 2.43 bits per heavy atom. The van der Waals surface area contributed by atoms with Gasteiger partial charge in [-0.15, -0.1) is 0 Å². The molecule has 0 unspecified atom stereocenters. The summed E-state index contributed by atoms with van der Waals surface area (Å²) in [6.45, 7) is 4.01. The van der Waals surface area contributed by atoms with Crippen LogP contribution in [0.5, 0.6) is 0 Å². The maximum Gasteiger partial charge on any atom is 0.224 e. The zero-order chi connectivity index (χ0) is 15.4. The Kier molecular flexibility index (Phi) is 5.02. The molecule has 3 nitrogen and oxygen atoms in total. The van der Waals surface area contributed by atoms with E-state index in [4.69, 9.17) is 5.73 Å². The van der Waals surface area contributed by atoms with E-state index in [0.717, 1.165) is 22.0 Å². The molecular weight excluding hydrogens is 328 g/mol. The fourth-order valence-corrected chi connectivity index (χ4v) is 2.80. The molecule has 4 heteroatoms. The Balaban J connectivity index is 1.97. The summed E-state index contributed by atoms with van der Waals surface area (Å²) in [5, 5.41) is 2.88. The minimum Gasteiger partial charge on any atom is -0.397 e. The highest BCUT2D eigenvalue weighted by Crippen LogP contribution is 2.30. The predicted molar refractivity (Wildman–Crippen MR) is 91.4 cm³/mol. The monoisotopic (exact) mass is 346 g/mol. The maximum absolute atomic E-state index is 12.1. The summed E-state index contributed by atoms with van der Waals surface area (Å²) >= 11 is 3.44. The molecule has 2 aromatic carbocycles. The number of anilines is 2. The van der Waals surface area contributed by atoms with Crippen molar-refractivity contribution in [2.45, 2.75) is 26.7 Å². The van der Waals surface area contributed by atoms with Crippen LogP contribution in [0.4, 0.5) is 11.4 Å². The van der Waals surface area contributed by atoms with Crippen molar-refractivity contribution < 1.29 is 4.79 Å². The van der Waals surface area contributed by atoms with Crippen molar-refractivity contribution >= 4 is 33.2 Å². The van der Waals surface area contributed by atoms with Crippen LogP contribution in [0.25, 0.3) is 0 Å². The number of halogens is 1. The van der Waals surface area contributed by atoms with Crippen molar-refractivity contribution in [3.63, 3.8) is 0 Å². The first-order valence-electron chi connectivity index (χ1n) is 6.86. The van der Waals surface area contributed by atoms with Gasteiger partial charge in [0.15, 0.2) is 0 Å². The van der Waals surface area contributed by atoms with E-state index in [1.807, 2.05) is 26.0 Å². The van der Waals surface area contributed by atoms with Crippen LogP contribution in [-0.4, -0.2) is 5.91 Å². The molecule has 0 aliphatic carbocycles. The van der Waals surface area contributed by atoms with Crippen LogP contribution in [0.15, 0.2) is 40.9 Å². The lowest BCUT2D eigenvalue weighted by Gasteiger charge is -2.11. The maximum atomic E-state index is 12.1. The third kappa shape index (κ3) is 4.33. The van der Waals surface area contributed by atoms with E-state index in [0.29, 0.717) is 17.8 Å². The molecule has 0 radical (unpaired) electrons. The van der Waals surface area contributed by atoms with E-state index < -0.39 is 0 Å². The highest BCUT2D eigenvalue weighted by Gasteiger charge is 2.10. The van der Waals surface area contributed by atoms with E-state index in [1.54, 1.807) is 0 Å². The number of nitrogens with one attached hydrogen (secondary N) is 1. The Morgan fingerprint density at radius 2 is 1.81 bits per heavy atom. The van der Waals surface area contributed by atoms with Gasteiger partial charge in [0.05, 0.1) is 11.4 Å². The number of rotatable bonds is 4. The summed E-state index contributed by atoms with van der Waals surface area (Å²) in [7, 11) is 0. The fourth-order valence-electron chi connectivity index (χ4n) is 2.12. The number of nitrogens with two attached hydrogens (primary N) is 1. The zero-order valence-corrected chi connectivity index (χ0v) is 13.8. The topological polar surface area (TPSA) is 55.1 Å². The molecule has 21 heavy (non-hydrogen) atoms. The molecule has 2 rings (SSSR count). The number of aryl methyl sites for hydroxylation is 3. The first-order chi connectivity index (χ1) is 9.95. The summed E-state index contributed by atoms with van der Waals surface area (Å²) in [6.07, 6.45) is 1.15. The average Bonchev–Trinajstić information content (AvgIpc) is 2.42. The Bertz CT molecular complexity index is 627. The van der Waals surface area contributed by atoms with Gasteiger partial charge >= 0.3 is 0 Å². The highest BCUT2D eigenvalue weighted by molar-refractivity contribution is 9.10. The molecule has 0 saturated heterocycles. The molecular formula is C17H19BrN2O. The SMILES string of the molecule is Cc1ccc(CCC(=O)Nc2c(N)cc(C)cc2Br)cc1. The molecule has 1 amide bonds. The number of hydrogen-bond donors (Lipinski definition) is 2. The number of nitrogen functional groups attached to an aromatic ring is 1. The number of carbonyl (C=O) groups is 1. The lowest BCUT2D eigenvalue weighted by Crippen LogP contribution is -2.14. The van der Waals surface area contributed by atoms with E-state index in [9.17, 15) is 4.79 Å². The van der Waals surface area contributed by atoms with Gasteiger partial charge in [-0.3, -0.25) is 4.79 Å². The van der Waals surface area contributed by atoms with Crippen molar-refractivity contribution in [2.75, 3.05) is 11.1 Å². The smallest absolute Gasteiger partial charge is 0.224 e. The quantitative estimate of drug-likeness (QED) is 0.814. The van der Waals surface area contributed by atoms with Gasteiger partial charge in [-0.05, 0) is 59.5 Å². The van der Waals surface area contributed by atoms with Crippen LogP contribution >= 0.6 is 15.9 Å². The van der Waals surface area contributed by atoms with E-state index >= 15 is 0 Å². The Labute approximate surface area is 133 Å². The van der Waals surface area contributed by atoms with Crippen molar-refractivity contribution in [3.05, 3.63) is 57.6 Å². The second-order valence-electron chi connectivity index (χ2n) is 5.24. The van der Waals surface area contributed by atoms with Crippen LogP contribution in [0.3, 0.4) is 0 Å². The molecule has 0 saturated carbocycles. The van der Waals surface area contributed by atoms with Crippen LogP contribution in [0, 0.1) is 13.8 Å². The van der Waals surface area contributed by atoms with E-state index in [2.05, 4.69) is 45.5 Å². The largest absolute Gasteiger partial charge is 0.397 e. The summed E-state index contributed by atoms with van der Waals surface area (Å²) < 4.78 is 0.809. The number of hydrogen-bond acceptors (Lipinski definition) is 2.